The van der Waals surface area contributed by atoms with Crippen molar-refractivity contribution in [2.45, 2.75) is 43.8 Å². The molecule has 1 saturated heterocycles. The number of sulfonamides is 1. The average molecular weight is 469 g/mol. The number of nitrogens with zero attached hydrogens (tertiary/aromatic N) is 2. The van der Waals surface area contributed by atoms with Gasteiger partial charge in [0.05, 0.1) is 10.5 Å². The first-order chi connectivity index (χ1) is 15.0. The third kappa shape index (κ3) is 5.50. The summed E-state index contributed by atoms with van der Waals surface area (Å²) in [5.74, 6) is -0.372. The summed E-state index contributed by atoms with van der Waals surface area (Å²) in [5, 5.41) is 0. The van der Waals surface area contributed by atoms with Crippen LogP contribution < -0.4 is 0 Å². The van der Waals surface area contributed by atoms with Crippen LogP contribution in [-0.4, -0.2) is 43.7 Å². The zero-order chi connectivity index (χ0) is 23.5. The van der Waals surface area contributed by atoms with Crippen molar-refractivity contribution >= 4 is 15.9 Å². The van der Waals surface area contributed by atoms with E-state index < -0.39 is 21.8 Å². The van der Waals surface area contributed by atoms with E-state index in [1.54, 1.807) is 11.9 Å². The Morgan fingerprint density at radius 2 is 1.66 bits per heavy atom. The molecule has 0 bridgehead atoms. The predicted octanol–water partition coefficient (Wildman–Crippen LogP) is 4.33. The summed E-state index contributed by atoms with van der Waals surface area (Å²) >= 11 is 0. The van der Waals surface area contributed by atoms with Gasteiger partial charge in [-0.25, -0.2) is 8.42 Å². The first-order valence-corrected chi connectivity index (χ1v) is 12.0. The summed E-state index contributed by atoms with van der Waals surface area (Å²) in [6, 6.07) is 11.8. The molecule has 0 spiro atoms. The number of carbonyl (C=O) groups is 1. The molecule has 1 fully saturated rings. The zero-order valence-corrected chi connectivity index (χ0v) is 18.9. The van der Waals surface area contributed by atoms with Crippen molar-refractivity contribution in [1.82, 2.24) is 9.21 Å². The minimum absolute atomic E-state index is 0.0549. The number of rotatable bonds is 6. The fraction of sp³-hybridized carbons (Fsp3) is 0.435. The lowest BCUT2D eigenvalue weighted by molar-refractivity contribution is -0.138. The van der Waals surface area contributed by atoms with E-state index in [4.69, 9.17) is 0 Å². The first-order valence-electron chi connectivity index (χ1n) is 10.5. The molecule has 0 unspecified atom stereocenters. The second-order valence-electron chi connectivity index (χ2n) is 8.07. The van der Waals surface area contributed by atoms with Gasteiger partial charge in [-0.15, -0.1) is 0 Å². The molecule has 174 valence electrons. The van der Waals surface area contributed by atoms with Crippen molar-refractivity contribution in [3.05, 3.63) is 65.2 Å². The molecule has 0 radical (unpaired) electrons. The third-order valence-corrected chi connectivity index (χ3v) is 7.72. The van der Waals surface area contributed by atoms with Crippen molar-refractivity contribution in [2.24, 2.45) is 5.92 Å². The van der Waals surface area contributed by atoms with Gasteiger partial charge in [-0.3, -0.25) is 4.79 Å². The van der Waals surface area contributed by atoms with Gasteiger partial charge in [-0.1, -0.05) is 37.3 Å². The molecule has 32 heavy (non-hydrogen) atoms. The third-order valence-electron chi connectivity index (χ3n) is 5.83. The summed E-state index contributed by atoms with van der Waals surface area (Å²) < 4.78 is 65.7. The van der Waals surface area contributed by atoms with Gasteiger partial charge in [-0.2, -0.15) is 17.5 Å². The van der Waals surface area contributed by atoms with E-state index in [1.807, 2.05) is 24.3 Å². The van der Waals surface area contributed by atoms with Crippen LogP contribution in [0.4, 0.5) is 13.2 Å². The van der Waals surface area contributed by atoms with Crippen LogP contribution in [0, 0.1) is 5.92 Å². The highest BCUT2D eigenvalue weighted by atomic mass is 32.2. The van der Waals surface area contributed by atoms with Crippen LogP contribution in [0.15, 0.2) is 53.4 Å². The smallest absolute Gasteiger partial charge is 0.341 e. The van der Waals surface area contributed by atoms with Crippen molar-refractivity contribution in [2.75, 3.05) is 20.1 Å². The van der Waals surface area contributed by atoms with Crippen LogP contribution >= 0.6 is 0 Å². The summed E-state index contributed by atoms with van der Waals surface area (Å²) in [5.41, 5.74) is 1.23. The lowest BCUT2D eigenvalue weighted by atomic mass is 9.96. The fourth-order valence-corrected chi connectivity index (χ4v) is 5.38. The molecule has 2 aromatic rings. The lowest BCUT2D eigenvalue weighted by Crippen LogP contribution is -2.43. The van der Waals surface area contributed by atoms with Crippen molar-refractivity contribution in [3.8, 4) is 0 Å². The minimum Gasteiger partial charge on any atom is -0.341 e. The highest BCUT2D eigenvalue weighted by molar-refractivity contribution is 7.89. The van der Waals surface area contributed by atoms with Crippen LogP contribution in [0.2, 0.25) is 0 Å². The Morgan fingerprint density at radius 3 is 2.22 bits per heavy atom. The second-order valence-corrected chi connectivity index (χ2v) is 10.0. The Labute approximate surface area is 186 Å². The minimum atomic E-state index is -4.62. The quantitative estimate of drug-likeness (QED) is 0.634. The molecule has 1 amide bonds. The van der Waals surface area contributed by atoms with Crippen LogP contribution in [0.3, 0.4) is 0 Å². The Kier molecular flexibility index (Phi) is 7.29. The highest BCUT2D eigenvalue weighted by Crippen LogP contribution is 2.32. The van der Waals surface area contributed by atoms with Crippen LogP contribution in [0.1, 0.15) is 36.5 Å². The normalized spacial score (nSPS) is 16.2. The van der Waals surface area contributed by atoms with Crippen molar-refractivity contribution in [1.29, 1.82) is 0 Å². The van der Waals surface area contributed by atoms with E-state index >= 15 is 0 Å². The van der Waals surface area contributed by atoms with Gasteiger partial charge < -0.3 is 4.90 Å². The van der Waals surface area contributed by atoms with Gasteiger partial charge in [0.1, 0.15) is 0 Å². The standard InChI is InChI=1S/C23H27F3N2O3S/c1-3-17-7-9-18(10-8-17)16-27(2)22(29)19-11-13-28(14-12-19)32(30,31)21-6-4-5-20(15-21)23(24,25)26/h4-10,15,19H,3,11-14,16H2,1-2H3. The molecule has 0 N–H and O–H groups in total. The number of alkyl halides is 3. The molecule has 9 heteroatoms. The molecule has 0 atom stereocenters. The van der Waals surface area contributed by atoms with Gasteiger partial charge in [0.15, 0.2) is 0 Å². The molecule has 3 rings (SSSR count). The second kappa shape index (κ2) is 9.62. The number of aryl methyl sites for hydroxylation is 1. The molecule has 0 aliphatic carbocycles. The fourth-order valence-electron chi connectivity index (χ4n) is 3.87. The van der Waals surface area contributed by atoms with Crippen LogP contribution in [0.25, 0.3) is 0 Å². The van der Waals surface area contributed by atoms with E-state index in [0.717, 1.165) is 28.4 Å². The molecule has 0 aromatic heterocycles. The van der Waals surface area contributed by atoms with Gasteiger partial charge in [-0.05, 0) is 48.6 Å². The number of hydrogen-bond donors (Lipinski definition) is 0. The van der Waals surface area contributed by atoms with E-state index in [-0.39, 0.29) is 29.8 Å². The van der Waals surface area contributed by atoms with Gasteiger partial charge in [0, 0.05) is 32.6 Å². The average Bonchev–Trinajstić information content (AvgIpc) is 2.78. The Morgan fingerprint density at radius 1 is 1.06 bits per heavy atom. The molecule has 2 aromatic carbocycles. The number of halogens is 3. The summed E-state index contributed by atoms with van der Waals surface area (Å²) in [7, 11) is -2.34. The maximum absolute atomic E-state index is 13.0. The van der Waals surface area contributed by atoms with Gasteiger partial charge >= 0.3 is 6.18 Å². The Bertz CT molecular complexity index is 1040. The number of carbonyl (C=O) groups excluding carboxylic acids is 1. The Hall–Kier alpha value is -2.39. The topological polar surface area (TPSA) is 57.7 Å². The van der Waals surface area contributed by atoms with Crippen LogP contribution in [0.5, 0.6) is 0 Å². The van der Waals surface area contributed by atoms with Gasteiger partial charge in [0.2, 0.25) is 15.9 Å². The molecule has 0 saturated carbocycles. The number of hydrogen-bond acceptors (Lipinski definition) is 3. The van der Waals surface area contributed by atoms with Crippen molar-refractivity contribution < 1.29 is 26.4 Å². The van der Waals surface area contributed by atoms with Gasteiger partial charge in [0.25, 0.3) is 0 Å². The maximum Gasteiger partial charge on any atom is 0.416 e. The number of amides is 1. The number of benzene rings is 2. The summed E-state index contributed by atoms with van der Waals surface area (Å²) in [4.78, 5) is 14.1. The maximum atomic E-state index is 13.0. The molecular formula is C23H27F3N2O3S. The SMILES string of the molecule is CCc1ccc(CN(C)C(=O)C2CCN(S(=O)(=O)c3cccc(C(F)(F)F)c3)CC2)cc1. The summed E-state index contributed by atoms with van der Waals surface area (Å²) in [6.07, 6.45) is -3.02. The molecule has 1 aliphatic rings. The van der Waals surface area contributed by atoms with E-state index in [0.29, 0.717) is 25.5 Å². The monoisotopic (exact) mass is 468 g/mol. The van der Waals surface area contributed by atoms with E-state index in [2.05, 4.69) is 6.92 Å². The van der Waals surface area contributed by atoms with Crippen LogP contribution in [-0.2, 0) is 34.0 Å². The molecule has 1 aliphatic heterocycles. The largest absolute Gasteiger partial charge is 0.416 e. The molecular weight excluding hydrogens is 441 g/mol. The molecule has 5 nitrogen and oxygen atoms in total. The predicted molar refractivity (Wildman–Crippen MR) is 115 cm³/mol. The molecule has 1 heterocycles. The zero-order valence-electron chi connectivity index (χ0n) is 18.1. The number of piperidine rings is 1. The van der Waals surface area contributed by atoms with E-state index in [9.17, 15) is 26.4 Å². The van der Waals surface area contributed by atoms with E-state index in [1.165, 1.54) is 11.6 Å². The summed E-state index contributed by atoms with van der Waals surface area (Å²) in [6.45, 7) is 2.72. The highest BCUT2D eigenvalue weighted by Gasteiger charge is 2.35. The first kappa shape index (κ1) is 24.3. The Balaban J connectivity index is 1.61. The van der Waals surface area contributed by atoms with Crippen molar-refractivity contribution in [3.63, 3.8) is 0 Å². The lowest BCUT2D eigenvalue weighted by Gasteiger charge is -2.32.